The van der Waals surface area contributed by atoms with Gasteiger partial charge in [-0.2, -0.15) is 0 Å². The summed E-state index contributed by atoms with van der Waals surface area (Å²) in [5.41, 5.74) is 3.56. The van der Waals surface area contributed by atoms with E-state index < -0.39 is 0 Å². The van der Waals surface area contributed by atoms with Gasteiger partial charge in [0.15, 0.2) is 0 Å². The van der Waals surface area contributed by atoms with Crippen LogP contribution in [0.1, 0.15) is 48.5 Å². The van der Waals surface area contributed by atoms with Gasteiger partial charge < -0.3 is 10.0 Å². The molecule has 0 saturated carbocycles. The van der Waals surface area contributed by atoms with Crippen LogP contribution in [0, 0.1) is 13.8 Å². The summed E-state index contributed by atoms with van der Waals surface area (Å²) in [6, 6.07) is 6.32. The lowest BCUT2D eigenvalue weighted by Crippen LogP contribution is -2.29. The lowest BCUT2D eigenvalue weighted by Gasteiger charge is -2.24. The van der Waals surface area contributed by atoms with Crippen molar-refractivity contribution in [1.29, 1.82) is 0 Å². The first-order valence-corrected chi connectivity index (χ1v) is 7.14. The maximum atomic E-state index is 10.4. The van der Waals surface area contributed by atoms with Gasteiger partial charge in [-0.1, -0.05) is 36.6 Å². The zero-order valence-corrected chi connectivity index (χ0v) is 11.7. The molecule has 1 atom stereocenters. The van der Waals surface area contributed by atoms with Crippen LogP contribution < -0.4 is 0 Å². The fourth-order valence-corrected chi connectivity index (χ4v) is 2.86. The zero-order chi connectivity index (χ0) is 13.0. The molecule has 1 aliphatic heterocycles. The van der Waals surface area contributed by atoms with Gasteiger partial charge >= 0.3 is 0 Å². The third-order valence-electron chi connectivity index (χ3n) is 3.91. The highest BCUT2D eigenvalue weighted by Crippen LogP contribution is 2.21. The summed E-state index contributed by atoms with van der Waals surface area (Å²) in [5.74, 6) is 0. The Morgan fingerprint density at radius 1 is 1.11 bits per heavy atom. The SMILES string of the molecule is Cc1ccc(C(O)CN2CCCCCC2)c(C)c1. The van der Waals surface area contributed by atoms with Gasteiger partial charge in [-0.15, -0.1) is 0 Å². The highest BCUT2D eigenvalue weighted by Gasteiger charge is 2.16. The minimum Gasteiger partial charge on any atom is -0.387 e. The molecule has 1 fully saturated rings. The molecule has 0 aromatic heterocycles. The van der Waals surface area contributed by atoms with Crippen molar-refractivity contribution < 1.29 is 5.11 Å². The first-order chi connectivity index (χ1) is 8.66. The van der Waals surface area contributed by atoms with E-state index in [4.69, 9.17) is 0 Å². The van der Waals surface area contributed by atoms with Crippen LogP contribution in [0.15, 0.2) is 18.2 Å². The zero-order valence-electron chi connectivity index (χ0n) is 11.7. The summed E-state index contributed by atoms with van der Waals surface area (Å²) >= 11 is 0. The molecule has 0 spiro atoms. The van der Waals surface area contributed by atoms with Crippen LogP contribution in [-0.2, 0) is 0 Å². The molecular formula is C16H25NO. The number of nitrogens with zero attached hydrogens (tertiary/aromatic N) is 1. The predicted octanol–water partition coefficient (Wildman–Crippen LogP) is 3.21. The average Bonchev–Trinajstić information content (AvgIpc) is 2.57. The number of aryl methyl sites for hydroxylation is 2. The highest BCUT2D eigenvalue weighted by atomic mass is 16.3. The van der Waals surface area contributed by atoms with Crippen LogP contribution in [0.2, 0.25) is 0 Å². The Kier molecular flexibility index (Phi) is 4.79. The number of β-amino-alcohol motifs (C(OH)–C–C–N with tert-alkyl or cyclic N) is 1. The molecule has 0 amide bonds. The van der Waals surface area contributed by atoms with Gasteiger partial charge in [0.1, 0.15) is 0 Å². The molecule has 100 valence electrons. The molecule has 1 aliphatic rings. The Bertz CT molecular complexity index is 381. The van der Waals surface area contributed by atoms with Crippen molar-refractivity contribution in [2.45, 2.75) is 45.6 Å². The molecule has 2 rings (SSSR count). The average molecular weight is 247 g/mol. The molecule has 1 heterocycles. The van der Waals surface area contributed by atoms with E-state index in [0.29, 0.717) is 0 Å². The van der Waals surface area contributed by atoms with E-state index in [1.807, 2.05) is 0 Å². The van der Waals surface area contributed by atoms with Crippen LogP contribution in [0.5, 0.6) is 0 Å². The van der Waals surface area contributed by atoms with Gasteiger partial charge in [0.2, 0.25) is 0 Å². The maximum Gasteiger partial charge on any atom is 0.0919 e. The third kappa shape index (κ3) is 3.56. The Labute approximate surface area is 111 Å². The molecular weight excluding hydrogens is 222 g/mol. The van der Waals surface area contributed by atoms with Crippen LogP contribution >= 0.6 is 0 Å². The van der Waals surface area contributed by atoms with Crippen molar-refractivity contribution >= 4 is 0 Å². The van der Waals surface area contributed by atoms with E-state index in [-0.39, 0.29) is 6.10 Å². The monoisotopic (exact) mass is 247 g/mol. The lowest BCUT2D eigenvalue weighted by molar-refractivity contribution is 0.114. The second-order valence-corrected chi connectivity index (χ2v) is 5.59. The molecule has 2 nitrogen and oxygen atoms in total. The summed E-state index contributed by atoms with van der Waals surface area (Å²) in [6.45, 7) is 7.25. The highest BCUT2D eigenvalue weighted by molar-refractivity contribution is 5.32. The van der Waals surface area contributed by atoms with E-state index in [1.165, 1.54) is 36.8 Å². The van der Waals surface area contributed by atoms with Gasteiger partial charge in [0, 0.05) is 6.54 Å². The molecule has 0 bridgehead atoms. The molecule has 1 aromatic carbocycles. The van der Waals surface area contributed by atoms with Crippen LogP contribution in [0.3, 0.4) is 0 Å². The molecule has 18 heavy (non-hydrogen) atoms. The number of benzene rings is 1. The Hall–Kier alpha value is -0.860. The standard InChI is InChI=1S/C16H25NO/c1-13-7-8-15(14(2)11-13)16(18)12-17-9-5-3-4-6-10-17/h7-8,11,16,18H,3-6,9-10,12H2,1-2H3. The van der Waals surface area contributed by atoms with Crippen molar-refractivity contribution in [3.8, 4) is 0 Å². The minimum atomic E-state index is -0.344. The molecule has 2 heteroatoms. The molecule has 1 N–H and O–H groups in total. The fraction of sp³-hybridized carbons (Fsp3) is 0.625. The minimum absolute atomic E-state index is 0.344. The molecule has 1 saturated heterocycles. The van der Waals surface area contributed by atoms with E-state index in [2.05, 4.69) is 36.9 Å². The summed E-state index contributed by atoms with van der Waals surface area (Å²) in [7, 11) is 0. The van der Waals surface area contributed by atoms with Crippen molar-refractivity contribution in [2.75, 3.05) is 19.6 Å². The van der Waals surface area contributed by atoms with Gasteiger partial charge in [-0.3, -0.25) is 0 Å². The van der Waals surface area contributed by atoms with Crippen LogP contribution in [-0.4, -0.2) is 29.6 Å². The van der Waals surface area contributed by atoms with E-state index >= 15 is 0 Å². The normalized spacial score (nSPS) is 19.5. The lowest BCUT2D eigenvalue weighted by atomic mass is 10.0. The fourth-order valence-electron chi connectivity index (χ4n) is 2.86. The van der Waals surface area contributed by atoms with Crippen molar-refractivity contribution in [1.82, 2.24) is 4.90 Å². The molecule has 1 unspecified atom stereocenters. The Morgan fingerprint density at radius 2 is 1.78 bits per heavy atom. The topological polar surface area (TPSA) is 23.5 Å². The van der Waals surface area contributed by atoms with E-state index in [1.54, 1.807) is 0 Å². The summed E-state index contributed by atoms with van der Waals surface area (Å²) in [4.78, 5) is 2.41. The number of aliphatic hydroxyl groups excluding tert-OH is 1. The van der Waals surface area contributed by atoms with E-state index in [9.17, 15) is 5.11 Å². The largest absolute Gasteiger partial charge is 0.387 e. The quantitative estimate of drug-likeness (QED) is 0.886. The maximum absolute atomic E-state index is 10.4. The third-order valence-corrected chi connectivity index (χ3v) is 3.91. The number of aliphatic hydroxyl groups is 1. The van der Waals surface area contributed by atoms with Gasteiger partial charge in [-0.25, -0.2) is 0 Å². The van der Waals surface area contributed by atoms with Crippen molar-refractivity contribution in [2.24, 2.45) is 0 Å². The number of hydrogen-bond donors (Lipinski definition) is 1. The summed E-state index contributed by atoms with van der Waals surface area (Å²) in [6.07, 6.45) is 4.90. The molecule has 1 aromatic rings. The second-order valence-electron chi connectivity index (χ2n) is 5.59. The Balaban J connectivity index is 1.99. The van der Waals surface area contributed by atoms with Crippen LogP contribution in [0.4, 0.5) is 0 Å². The van der Waals surface area contributed by atoms with Gasteiger partial charge in [0.05, 0.1) is 6.10 Å². The van der Waals surface area contributed by atoms with E-state index in [0.717, 1.165) is 25.2 Å². The van der Waals surface area contributed by atoms with Crippen molar-refractivity contribution in [3.63, 3.8) is 0 Å². The summed E-state index contributed by atoms with van der Waals surface area (Å²) in [5, 5.41) is 10.4. The first-order valence-electron chi connectivity index (χ1n) is 7.14. The first kappa shape index (κ1) is 13.6. The van der Waals surface area contributed by atoms with Crippen LogP contribution in [0.25, 0.3) is 0 Å². The van der Waals surface area contributed by atoms with Gasteiger partial charge in [0.25, 0.3) is 0 Å². The Morgan fingerprint density at radius 3 is 2.39 bits per heavy atom. The second kappa shape index (κ2) is 6.35. The van der Waals surface area contributed by atoms with Crippen molar-refractivity contribution in [3.05, 3.63) is 34.9 Å². The molecule has 0 radical (unpaired) electrons. The number of rotatable bonds is 3. The smallest absolute Gasteiger partial charge is 0.0919 e. The number of likely N-dealkylation sites (tertiary alicyclic amines) is 1. The molecule has 0 aliphatic carbocycles. The predicted molar refractivity (Wildman–Crippen MR) is 75.8 cm³/mol. The summed E-state index contributed by atoms with van der Waals surface area (Å²) < 4.78 is 0. The number of hydrogen-bond acceptors (Lipinski definition) is 2. The van der Waals surface area contributed by atoms with Gasteiger partial charge in [-0.05, 0) is 50.9 Å².